The van der Waals surface area contributed by atoms with Crippen molar-refractivity contribution < 1.29 is 4.74 Å². The Morgan fingerprint density at radius 3 is 1.84 bits per heavy atom. The number of benzene rings is 6. The lowest BCUT2D eigenvalue weighted by Gasteiger charge is -2.27. The van der Waals surface area contributed by atoms with Crippen LogP contribution in [-0.2, 0) is 0 Å². The Kier molecular flexibility index (Phi) is 4.03. The molecule has 0 atom stereocenters. The molecule has 6 aromatic rings. The van der Waals surface area contributed by atoms with Crippen molar-refractivity contribution >= 4 is 49.4 Å². The highest BCUT2D eigenvalue weighted by molar-refractivity contribution is 6.25. The Bertz CT molecular complexity index is 1490. The topological polar surface area (TPSA) is 12.5 Å². The molecule has 0 unspecified atom stereocenters. The van der Waals surface area contributed by atoms with Crippen LogP contribution in [0.2, 0.25) is 0 Å². The van der Waals surface area contributed by atoms with Gasteiger partial charge in [-0.25, -0.2) is 0 Å². The van der Waals surface area contributed by atoms with E-state index in [9.17, 15) is 0 Å². The van der Waals surface area contributed by atoms with Crippen molar-refractivity contribution in [2.75, 3.05) is 12.0 Å². The van der Waals surface area contributed by atoms with E-state index in [1.54, 1.807) is 7.11 Å². The first-order valence-corrected chi connectivity index (χ1v) is 10.5. The highest BCUT2D eigenvalue weighted by atomic mass is 16.5. The highest BCUT2D eigenvalue weighted by Crippen LogP contribution is 2.43. The number of ether oxygens (including phenoxy) is 1. The molecule has 0 bridgehead atoms. The first-order chi connectivity index (χ1) is 15.3. The maximum absolute atomic E-state index is 5.39. The van der Waals surface area contributed by atoms with Gasteiger partial charge in [0.1, 0.15) is 5.75 Å². The fourth-order valence-electron chi connectivity index (χ4n) is 4.65. The largest absolute Gasteiger partial charge is 0.497 e. The van der Waals surface area contributed by atoms with Crippen LogP contribution in [0.4, 0.5) is 17.1 Å². The molecule has 0 spiro atoms. The van der Waals surface area contributed by atoms with Crippen molar-refractivity contribution in [2.24, 2.45) is 0 Å². The molecule has 0 aliphatic carbocycles. The zero-order valence-corrected chi connectivity index (χ0v) is 17.2. The van der Waals surface area contributed by atoms with Gasteiger partial charge in [-0.1, -0.05) is 66.7 Å². The number of methoxy groups -OCH3 is 1. The van der Waals surface area contributed by atoms with Crippen LogP contribution in [0.15, 0.2) is 109 Å². The molecule has 2 heteroatoms. The Balaban J connectivity index is 1.67. The van der Waals surface area contributed by atoms with Gasteiger partial charge in [-0.15, -0.1) is 0 Å². The second kappa shape index (κ2) is 7.03. The van der Waals surface area contributed by atoms with Crippen LogP contribution in [0, 0.1) is 0 Å². The molecule has 0 aliphatic rings. The molecule has 0 saturated carbocycles. The minimum atomic E-state index is 0.854. The third kappa shape index (κ3) is 2.80. The lowest BCUT2D eigenvalue weighted by molar-refractivity contribution is 0.415. The molecule has 6 rings (SSSR count). The average molecular weight is 399 g/mol. The monoisotopic (exact) mass is 399 g/mol. The number of rotatable bonds is 4. The predicted molar refractivity (Wildman–Crippen MR) is 131 cm³/mol. The molecule has 0 heterocycles. The van der Waals surface area contributed by atoms with E-state index in [0.717, 1.165) is 17.1 Å². The smallest absolute Gasteiger partial charge is 0.119 e. The Labute approximate surface area is 181 Å². The average Bonchev–Trinajstić information content (AvgIpc) is 2.84. The van der Waals surface area contributed by atoms with Crippen molar-refractivity contribution in [3.8, 4) is 5.75 Å². The van der Waals surface area contributed by atoms with Crippen molar-refractivity contribution in [3.05, 3.63) is 109 Å². The Hall–Kier alpha value is -4.04. The summed E-state index contributed by atoms with van der Waals surface area (Å²) in [5, 5.41) is 7.74. The summed E-state index contributed by atoms with van der Waals surface area (Å²) >= 11 is 0. The molecular weight excluding hydrogens is 378 g/mol. The van der Waals surface area contributed by atoms with Crippen LogP contribution in [-0.4, -0.2) is 7.11 Å². The standard InChI is InChI=1S/C29H21NO/c1-31-25-16-14-24(15-17-25)30(23-8-3-2-4-9-23)27-19-13-22-11-10-20-6-5-7-21-12-18-26(27)29(22)28(20)21/h2-19H,1H3. The van der Waals surface area contributed by atoms with Crippen molar-refractivity contribution in [1.82, 2.24) is 0 Å². The van der Waals surface area contributed by atoms with Crippen LogP contribution >= 0.6 is 0 Å². The minimum Gasteiger partial charge on any atom is -0.497 e. The Morgan fingerprint density at radius 1 is 0.516 bits per heavy atom. The van der Waals surface area contributed by atoms with Crippen molar-refractivity contribution in [2.45, 2.75) is 0 Å². The van der Waals surface area contributed by atoms with Gasteiger partial charge in [0.2, 0.25) is 0 Å². The van der Waals surface area contributed by atoms with Gasteiger partial charge in [-0.2, -0.15) is 0 Å². The molecule has 0 N–H and O–H groups in total. The molecule has 0 radical (unpaired) electrons. The molecule has 2 nitrogen and oxygen atoms in total. The number of hydrogen-bond acceptors (Lipinski definition) is 2. The van der Waals surface area contributed by atoms with Crippen LogP contribution in [0.25, 0.3) is 32.3 Å². The van der Waals surface area contributed by atoms with Gasteiger partial charge in [0.15, 0.2) is 0 Å². The van der Waals surface area contributed by atoms with Gasteiger partial charge in [0.25, 0.3) is 0 Å². The summed E-state index contributed by atoms with van der Waals surface area (Å²) in [5.41, 5.74) is 3.40. The Morgan fingerprint density at radius 2 is 1.13 bits per heavy atom. The van der Waals surface area contributed by atoms with Gasteiger partial charge in [-0.05, 0) is 69.4 Å². The van der Waals surface area contributed by atoms with E-state index in [-0.39, 0.29) is 0 Å². The zero-order chi connectivity index (χ0) is 20.8. The van der Waals surface area contributed by atoms with Crippen molar-refractivity contribution in [1.29, 1.82) is 0 Å². The van der Waals surface area contributed by atoms with Gasteiger partial charge in [-0.3, -0.25) is 0 Å². The molecule has 0 saturated heterocycles. The van der Waals surface area contributed by atoms with Gasteiger partial charge in [0, 0.05) is 16.8 Å². The zero-order valence-electron chi connectivity index (χ0n) is 17.2. The highest BCUT2D eigenvalue weighted by Gasteiger charge is 2.18. The van der Waals surface area contributed by atoms with Crippen LogP contribution < -0.4 is 9.64 Å². The molecule has 0 aliphatic heterocycles. The third-order valence-electron chi connectivity index (χ3n) is 6.09. The summed E-state index contributed by atoms with van der Waals surface area (Å²) in [7, 11) is 1.70. The maximum atomic E-state index is 5.39. The molecule has 0 amide bonds. The van der Waals surface area contributed by atoms with E-state index >= 15 is 0 Å². The lowest BCUT2D eigenvalue weighted by atomic mass is 9.93. The number of para-hydroxylation sites is 1. The second-order valence-electron chi connectivity index (χ2n) is 7.81. The molecule has 148 valence electrons. The number of hydrogen-bond donors (Lipinski definition) is 0. The summed E-state index contributed by atoms with van der Waals surface area (Å²) in [6.45, 7) is 0. The third-order valence-corrected chi connectivity index (χ3v) is 6.09. The SMILES string of the molecule is COc1ccc(N(c2ccccc2)c2ccc3ccc4cccc5ccc2c3c45)cc1. The maximum Gasteiger partial charge on any atom is 0.119 e. The van der Waals surface area contributed by atoms with E-state index in [1.165, 1.54) is 38.0 Å². The van der Waals surface area contributed by atoms with Gasteiger partial charge >= 0.3 is 0 Å². The fraction of sp³-hybridized carbons (Fsp3) is 0.0345. The van der Waals surface area contributed by atoms with E-state index in [0.29, 0.717) is 0 Å². The van der Waals surface area contributed by atoms with Gasteiger partial charge in [0.05, 0.1) is 12.8 Å². The number of nitrogens with zero attached hydrogens (tertiary/aromatic N) is 1. The van der Waals surface area contributed by atoms with Crippen LogP contribution in [0.5, 0.6) is 5.75 Å². The predicted octanol–water partition coefficient (Wildman–Crippen LogP) is 8.06. The van der Waals surface area contributed by atoms with E-state index in [1.807, 2.05) is 12.1 Å². The summed E-state index contributed by atoms with van der Waals surface area (Å²) < 4.78 is 5.39. The molecular formula is C29H21NO. The van der Waals surface area contributed by atoms with Crippen molar-refractivity contribution in [3.63, 3.8) is 0 Å². The molecule has 31 heavy (non-hydrogen) atoms. The summed E-state index contributed by atoms with van der Waals surface area (Å²) in [4.78, 5) is 2.32. The number of anilines is 3. The summed E-state index contributed by atoms with van der Waals surface area (Å²) in [5.74, 6) is 0.854. The lowest BCUT2D eigenvalue weighted by Crippen LogP contribution is -2.10. The van der Waals surface area contributed by atoms with Crippen LogP contribution in [0.1, 0.15) is 0 Å². The normalized spacial score (nSPS) is 11.4. The summed E-state index contributed by atoms with van der Waals surface area (Å²) in [6, 6.07) is 38.8. The minimum absolute atomic E-state index is 0.854. The van der Waals surface area contributed by atoms with Gasteiger partial charge < -0.3 is 9.64 Å². The van der Waals surface area contributed by atoms with E-state index in [2.05, 4.69) is 102 Å². The fourth-order valence-corrected chi connectivity index (χ4v) is 4.65. The van der Waals surface area contributed by atoms with E-state index < -0.39 is 0 Å². The second-order valence-corrected chi connectivity index (χ2v) is 7.81. The van der Waals surface area contributed by atoms with Crippen LogP contribution in [0.3, 0.4) is 0 Å². The molecule has 0 aromatic heterocycles. The quantitative estimate of drug-likeness (QED) is 0.278. The molecule has 6 aromatic carbocycles. The molecule has 0 fully saturated rings. The summed E-state index contributed by atoms with van der Waals surface area (Å²) in [6.07, 6.45) is 0. The first kappa shape index (κ1) is 17.8. The first-order valence-electron chi connectivity index (χ1n) is 10.5. The van der Waals surface area contributed by atoms with E-state index in [4.69, 9.17) is 4.74 Å².